The molecule has 1 saturated heterocycles. The van der Waals surface area contributed by atoms with E-state index in [9.17, 15) is 4.79 Å². The molecule has 1 amide bonds. The van der Waals surface area contributed by atoms with Crippen LogP contribution in [0.3, 0.4) is 0 Å². The Labute approximate surface area is 181 Å². The zero-order chi connectivity index (χ0) is 17.8. The highest BCUT2D eigenvalue weighted by Gasteiger charge is 2.19. The van der Waals surface area contributed by atoms with Crippen molar-refractivity contribution in [3.05, 3.63) is 54.7 Å². The summed E-state index contributed by atoms with van der Waals surface area (Å²) in [6, 6.07) is 9.50. The van der Waals surface area contributed by atoms with Gasteiger partial charge in [0.05, 0.1) is 6.26 Å². The Morgan fingerprint density at radius 3 is 2.45 bits per heavy atom. The van der Waals surface area contributed by atoms with Crippen molar-refractivity contribution in [2.24, 2.45) is 0 Å². The number of fused-ring (bicyclic) bond motifs is 1. The third-order valence-electron chi connectivity index (χ3n) is 4.64. The van der Waals surface area contributed by atoms with Crippen molar-refractivity contribution in [2.75, 3.05) is 44.2 Å². The summed E-state index contributed by atoms with van der Waals surface area (Å²) < 4.78 is 5.44. The van der Waals surface area contributed by atoms with Gasteiger partial charge in [-0.15, -0.1) is 24.8 Å². The Morgan fingerprint density at radius 2 is 1.72 bits per heavy atom. The van der Waals surface area contributed by atoms with E-state index in [0.717, 1.165) is 49.4 Å². The molecular formula is C19H25Cl2N5O3. The lowest BCUT2D eigenvalue weighted by Gasteiger charge is -2.34. The van der Waals surface area contributed by atoms with Crippen LogP contribution < -0.4 is 10.2 Å². The summed E-state index contributed by atoms with van der Waals surface area (Å²) in [6.45, 7) is 5.04. The number of anilines is 1. The fourth-order valence-corrected chi connectivity index (χ4v) is 3.20. The maximum atomic E-state index is 12.4. The third kappa shape index (κ3) is 5.80. The van der Waals surface area contributed by atoms with Gasteiger partial charge in [0.1, 0.15) is 0 Å². The van der Waals surface area contributed by atoms with E-state index >= 15 is 0 Å². The fraction of sp³-hybridized carbons (Fsp3) is 0.316. The number of furan rings is 1. The van der Waals surface area contributed by atoms with Crippen molar-refractivity contribution in [3.8, 4) is 0 Å². The number of piperazine rings is 1. The zero-order valence-electron chi connectivity index (χ0n) is 15.8. The second kappa shape index (κ2) is 11.6. The largest absolute Gasteiger partial charge is 0.458 e. The maximum absolute atomic E-state index is 12.4. The van der Waals surface area contributed by atoms with Gasteiger partial charge in [-0.25, -0.2) is 9.97 Å². The number of carbonyl (C=O) groups is 1. The molecule has 0 atom stereocenters. The predicted octanol–water partition coefficient (Wildman–Crippen LogP) is 1.79. The number of halogens is 2. The normalized spacial score (nSPS) is 13.7. The van der Waals surface area contributed by atoms with Gasteiger partial charge < -0.3 is 20.1 Å². The summed E-state index contributed by atoms with van der Waals surface area (Å²) in [5, 5.41) is 4.74. The summed E-state index contributed by atoms with van der Waals surface area (Å²) in [4.78, 5) is 25.5. The summed E-state index contributed by atoms with van der Waals surface area (Å²) in [6.07, 6.45) is 5.15. The minimum atomic E-state index is -0.164. The first kappa shape index (κ1) is 24.6. The van der Waals surface area contributed by atoms with E-state index in [2.05, 4.69) is 25.1 Å². The van der Waals surface area contributed by atoms with Gasteiger partial charge in [0.15, 0.2) is 5.76 Å². The molecular weight excluding hydrogens is 417 g/mol. The molecule has 1 fully saturated rings. The lowest BCUT2D eigenvalue weighted by molar-refractivity contribution is 0.0922. The lowest BCUT2D eigenvalue weighted by atomic mass is 10.2. The summed E-state index contributed by atoms with van der Waals surface area (Å²) >= 11 is 0. The number of nitrogens with zero attached hydrogens (tertiary/aromatic N) is 4. The first-order valence-electron chi connectivity index (χ1n) is 8.80. The van der Waals surface area contributed by atoms with Crippen molar-refractivity contribution in [3.63, 3.8) is 0 Å². The number of nitrogens with one attached hydrogen (secondary N) is 1. The predicted molar refractivity (Wildman–Crippen MR) is 117 cm³/mol. The highest BCUT2D eigenvalue weighted by Crippen LogP contribution is 2.20. The maximum Gasteiger partial charge on any atom is 0.287 e. The van der Waals surface area contributed by atoms with Crippen molar-refractivity contribution in [1.82, 2.24) is 20.2 Å². The standard InChI is InChI=1S/C19H21N5O2.2ClH.H2O/c25-18(17-16-5-2-1-4-15(16)14-26-17)20-8-9-23-10-12-24(13-11-23)19-21-6-3-7-22-19;;;/h1-7,14H,8-13H2,(H,20,25);2*1H;1H2. The van der Waals surface area contributed by atoms with E-state index in [4.69, 9.17) is 4.42 Å². The highest BCUT2D eigenvalue weighted by atomic mass is 35.5. The van der Waals surface area contributed by atoms with E-state index in [0.29, 0.717) is 12.3 Å². The molecule has 0 unspecified atom stereocenters. The van der Waals surface area contributed by atoms with Crippen LogP contribution in [-0.4, -0.2) is 65.5 Å². The summed E-state index contributed by atoms with van der Waals surface area (Å²) in [5.74, 6) is 0.999. The average molecular weight is 442 g/mol. The topological polar surface area (TPSA) is 106 Å². The molecule has 3 N–H and O–H groups in total. The number of rotatable bonds is 5. The van der Waals surface area contributed by atoms with Crippen molar-refractivity contribution >= 4 is 47.4 Å². The van der Waals surface area contributed by atoms with Crippen molar-refractivity contribution in [1.29, 1.82) is 0 Å². The van der Waals surface area contributed by atoms with Gasteiger partial charge >= 0.3 is 0 Å². The molecule has 158 valence electrons. The van der Waals surface area contributed by atoms with Gasteiger partial charge in [-0.05, 0) is 6.07 Å². The van der Waals surface area contributed by atoms with E-state index < -0.39 is 0 Å². The summed E-state index contributed by atoms with van der Waals surface area (Å²) in [5.41, 5.74) is 0. The molecule has 0 saturated carbocycles. The smallest absolute Gasteiger partial charge is 0.287 e. The third-order valence-corrected chi connectivity index (χ3v) is 4.64. The number of hydrogen-bond acceptors (Lipinski definition) is 6. The Balaban J connectivity index is 0.00000140. The highest BCUT2D eigenvalue weighted by molar-refractivity contribution is 6.04. The van der Waals surface area contributed by atoms with Crippen LogP contribution >= 0.6 is 24.8 Å². The van der Waals surface area contributed by atoms with Crippen LogP contribution in [0.4, 0.5) is 5.95 Å². The Bertz CT molecular complexity index is 886. The SMILES string of the molecule is Cl.Cl.O.O=C(NCCN1CCN(c2ncccn2)CC1)c1occ2ccccc12. The Kier molecular flexibility index (Phi) is 9.84. The van der Waals surface area contributed by atoms with Gasteiger partial charge in [0, 0.05) is 62.4 Å². The molecule has 4 rings (SSSR count). The number of benzene rings is 1. The van der Waals surface area contributed by atoms with Gasteiger partial charge in [0.25, 0.3) is 5.91 Å². The summed E-state index contributed by atoms with van der Waals surface area (Å²) in [7, 11) is 0. The first-order valence-corrected chi connectivity index (χ1v) is 8.80. The first-order chi connectivity index (χ1) is 12.8. The molecule has 10 heteroatoms. The van der Waals surface area contributed by atoms with Gasteiger partial charge in [0.2, 0.25) is 5.95 Å². The Hall–Kier alpha value is -2.39. The van der Waals surface area contributed by atoms with Crippen molar-refractivity contribution in [2.45, 2.75) is 0 Å². The van der Waals surface area contributed by atoms with E-state index in [-0.39, 0.29) is 36.2 Å². The minimum absolute atomic E-state index is 0. The van der Waals surface area contributed by atoms with Crippen LogP contribution in [0, 0.1) is 0 Å². The molecule has 1 aromatic carbocycles. The van der Waals surface area contributed by atoms with Crippen molar-refractivity contribution < 1.29 is 14.7 Å². The van der Waals surface area contributed by atoms with Gasteiger partial charge in [-0.1, -0.05) is 24.3 Å². The molecule has 3 aromatic rings. The number of amides is 1. The van der Waals surface area contributed by atoms with E-state index in [1.807, 2.05) is 30.3 Å². The molecule has 0 spiro atoms. The fourth-order valence-electron chi connectivity index (χ4n) is 3.20. The van der Waals surface area contributed by atoms with Crippen LogP contribution in [0.25, 0.3) is 10.8 Å². The monoisotopic (exact) mass is 441 g/mol. The molecule has 3 heterocycles. The second-order valence-electron chi connectivity index (χ2n) is 6.29. The molecule has 0 aliphatic carbocycles. The van der Waals surface area contributed by atoms with Crippen LogP contribution in [-0.2, 0) is 0 Å². The quantitative estimate of drug-likeness (QED) is 0.646. The van der Waals surface area contributed by atoms with Gasteiger partial charge in [-0.2, -0.15) is 0 Å². The van der Waals surface area contributed by atoms with Crippen LogP contribution in [0.1, 0.15) is 10.6 Å². The van der Waals surface area contributed by atoms with E-state index in [1.165, 1.54) is 0 Å². The molecule has 0 bridgehead atoms. The van der Waals surface area contributed by atoms with E-state index in [1.54, 1.807) is 18.7 Å². The molecule has 0 radical (unpaired) electrons. The van der Waals surface area contributed by atoms with Crippen LogP contribution in [0.2, 0.25) is 0 Å². The second-order valence-corrected chi connectivity index (χ2v) is 6.29. The molecule has 1 aliphatic rings. The van der Waals surface area contributed by atoms with Crippen LogP contribution in [0.15, 0.2) is 53.4 Å². The number of hydrogen-bond donors (Lipinski definition) is 1. The molecule has 8 nitrogen and oxygen atoms in total. The van der Waals surface area contributed by atoms with Crippen LogP contribution in [0.5, 0.6) is 0 Å². The minimum Gasteiger partial charge on any atom is -0.458 e. The lowest BCUT2D eigenvalue weighted by Crippen LogP contribution is -2.49. The molecule has 29 heavy (non-hydrogen) atoms. The zero-order valence-corrected chi connectivity index (χ0v) is 17.4. The molecule has 2 aromatic heterocycles. The van der Waals surface area contributed by atoms with Gasteiger partial charge in [-0.3, -0.25) is 9.69 Å². The average Bonchev–Trinajstić information content (AvgIpc) is 3.13. The molecule has 1 aliphatic heterocycles. The number of carbonyl (C=O) groups excluding carboxylic acids is 1. The number of aromatic nitrogens is 2. The Morgan fingerprint density at radius 1 is 1.03 bits per heavy atom.